The Bertz CT molecular complexity index is 514. The number of pyridine rings is 1. The number of aromatic amines is 1. The Morgan fingerprint density at radius 1 is 1.50 bits per heavy atom. The molecule has 0 atom stereocenters. The van der Waals surface area contributed by atoms with Gasteiger partial charge < -0.3 is 9.72 Å². The van der Waals surface area contributed by atoms with E-state index in [1.54, 1.807) is 0 Å². The maximum absolute atomic E-state index is 5.86. The van der Waals surface area contributed by atoms with Crippen molar-refractivity contribution < 1.29 is 4.74 Å². The maximum Gasteiger partial charge on any atom is 0.218 e. The Morgan fingerprint density at radius 3 is 3.06 bits per heavy atom. The fourth-order valence-corrected chi connectivity index (χ4v) is 2.06. The minimum Gasteiger partial charge on any atom is -0.471 e. The second-order valence-electron chi connectivity index (χ2n) is 4.49. The zero-order chi connectivity index (χ0) is 11.1. The van der Waals surface area contributed by atoms with Gasteiger partial charge in [0.15, 0.2) is 0 Å². The Morgan fingerprint density at radius 2 is 2.31 bits per heavy atom. The highest BCUT2D eigenvalue weighted by atomic mass is 16.5. The number of nitrogens with zero attached hydrogens (tertiary/aromatic N) is 2. The Kier molecular flexibility index (Phi) is 2.11. The SMILES string of the molecule is Cc1cc2cc[nH]c2nc1OC1CN(C)C1. The highest BCUT2D eigenvalue weighted by molar-refractivity contribution is 5.76. The van der Waals surface area contributed by atoms with Crippen LogP contribution in [0, 0.1) is 6.92 Å². The second-order valence-corrected chi connectivity index (χ2v) is 4.49. The van der Waals surface area contributed by atoms with E-state index in [1.807, 2.05) is 19.2 Å². The first kappa shape index (κ1) is 9.66. The van der Waals surface area contributed by atoms with Gasteiger partial charge in [0.05, 0.1) is 0 Å². The van der Waals surface area contributed by atoms with Crippen LogP contribution in [0.15, 0.2) is 18.3 Å². The van der Waals surface area contributed by atoms with Crippen LogP contribution in [0.2, 0.25) is 0 Å². The lowest BCUT2D eigenvalue weighted by molar-refractivity contribution is 0.0353. The molecule has 16 heavy (non-hydrogen) atoms. The number of likely N-dealkylation sites (N-methyl/N-ethyl adjacent to an activating group) is 1. The summed E-state index contributed by atoms with van der Waals surface area (Å²) < 4.78 is 5.86. The lowest BCUT2D eigenvalue weighted by Crippen LogP contribution is -2.51. The van der Waals surface area contributed by atoms with Crippen molar-refractivity contribution in [3.63, 3.8) is 0 Å². The molecule has 0 unspecified atom stereocenters. The molecule has 3 heterocycles. The van der Waals surface area contributed by atoms with E-state index in [0.717, 1.165) is 35.6 Å². The highest BCUT2D eigenvalue weighted by Gasteiger charge is 2.25. The molecule has 1 saturated heterocycles. The first-order valence-corrected chi connectivity index (χ1v) is 5.52. The van der Waals surface area contributed by atoms with Crippen molar-refractivity contribution in [2.24, 2.45) is 0 Å². The number of rotatable bonds is 2. The van der Waals surface area contributed by atoms with Crippen molar-refractivity contribution in [3.05, 3.63) is 23.9 Å². The molecule has 3 rings (SSSR count). The van der Waals surface area contributed by atoms with Crippen molar-refractivity contribution in [3.8, 4) is 5.88 Å². The van der Waals surface area contributed by atoms with Crippen LogP contribution in [0.5, 0.6) is 5.88 Å². The highest BCUT2D eigenvalue weighted by Crippen LogP contribution is 2.23. The van der Waals surface area contributed by atoms with Crippen LogP contribution in [0.4, 0.5) is 0 Å². The zero-order valence-corrected chi connectivity index (χ0v) is 9.53. The van der Waals surface area contributed by atoms with Crippen molar-refractivity contribution in [2.75, 3.05) is 20.1 Å². The molecule has 1 N–H and O–H groups in total. The zero-order valence-electron chi connectivity index (χ0n) is 9.53. The molecule has 1 aliphatic rings. The van der Waals surface area contributed by atoms with Gasteiger partial charge >= 0.3 is 0 Å². The summed E-state index contributed by atoms with van der Waals surface area (Å²) in [4.78, 5) is 9.82. The van der Waals surface area contributed by atoms with E-state index in [2.05, 4.69) is 28.0 Å². The molecule has 1 fully saturated rings. The third kappa shape index (κ3) is 1.55. The fraction of sp³-hybridized carbons (Fsp3) is 0.417. The van der Waals surface area contributed by atoms with E-state index in [-0.39, 0.29) is 0 Å². The molecule has 2 aromatic rings. The predicted molar refractivity (Wildman–Crippen MR) is 62.7 cm³/mol. The minimum atomic E-state index is 0.295. The van der Waals surface area contributed by atoms with E-state index in [9.17, 15) is 0 Å². The summed E-state index contributed by atoms with van der Waals surface area (Å²) >= 11 is 0. The molecule has 2 aromatic heterocycles. The second kappa shape index (κ2) is 3.49. The van der Waals surface area contributed by atoms with E-state index < -0.39 is 0 Å². The number of hydrogen-bond donors (Lipinski definition) is 1. The number of ether oxygens (including phenoxy) is 1. The minimum absolute atomic E-state index is 0.295. The van der Waals surface area contributed by atoms with Crippen LogP contribution in [-0.2, 0) is 0 Å². The summed E-state index contributed by atoms with van der Waals surface area (Å²) in [5.41, 5.74) is 2.00. The van der Waals surface area contributed by atoms with Crippen molar-refractivity contribution in [1.29, 1.82) is 0 Å². The molecule has 0 bridgehead atoms. The van der Waals surface area contributed by atoms with Crippen molar-refractivity contribution in [1.82, 2.24) is 14.9 Å². The average Bonchev–Trinajstić information content (AvgIpc) is 2.63. The van der Waals surface area contributed by atoms with Gasteiger partial charge in [-0.15, -0.1) is 0 Å². The number of nitrogens with one attached hydrogen (secondary N) is 1. The van der Waals surface area contributed by atoms with Crippen molar-refractivity contribution in [2.45, 2.75) is 13.0 Å². The van der Waals surface area contributed by atoms with Gasteiger partial charge in [-0.1, -0.05) is 0 Å². The molecule has 0 aliphatic carbocycles. The van der Waals surface area contributed by atoms with Gasteiger partial charge in [-0.2, -0.15) is 4.98 Å². The Balaban J connectivity index is 1.87. The molecular formula is C12H15N3O. The largest absolute Gasteiger partial charge is 0.471 e. The number of hydrogen-bond acceptors (Lipinski definition) is 3. The molecule has 4 heteroatoms. The molecule has 0 amide bonds. The smallest absolute Gasteiger partial charge is 0.218 e. The van der Waals surface area contributed by atoms with Crippen molar-refractivity contribution >= 4 is 11.0 Å². The number of likely N-dealkylation sites (tertiary alicyclic amines) is 1. The third-order valence-electron chi connectivity index (χ3n) is 2.99. The lowest BCUT2D eigenvalue weighted by atomic mass is 10.2. The van der Waals surface area contributed by atoms with Gasteiger partial charge in [-0.05, 0) is 26.1 Å². The normalized spacial score (nSPS) is 17.6. The quantitative estimate of drug-likeness (QED) is 0.830. The molecule has 0 radical (unpaired) electrons. The summed E-state index contributed by atoms with van der Waals surface area (Å²) in [6, 6.07) is 4.13. The summed E-state index contributed by atoms with van der Waals surface area (Å²) in [6.45, 7) is 4.02. The first-order valence-electron chi connectivity index (χ1n) is 5.52. The van der Waals surface area contributed by atoms with Crippen LogP contribution in [0.25, 0.3) is 11.0 Å². The van der Waals surface area contributed by atoms with Crippen LogP contribution in [0.3, 0.4) is 0 Å². The maximum atomic E-state index is 5.86. The van der Waals surface area contributed by atoms with Crippen LogP contribution >= 0.6 is 0 Å². The lowest BCUT2D eigenvalue weighted by Gasteiger charge is -2.35. The summed E-state index contributed by atoms with van der Waals surface area (Å²) in [6.07, 6.45) is 2.20. The third-order valence-corrected chi connectivity index (χ3v) is 2.99. The van der Waals surface area contributed by atoms with Gasteiger partial charge in [0.25, 0.3) is 0 Å². The average molecular weight is 217 g/mol. The monoisotopic (exact) mass is 217 g/mol. The topological polar surface area (TPSA) is 41.1 Å². The predicted octanol–water partition coefficient (Wildman–Crippen LogP) is 1.56. The number of H-pyrrole nitrogens is 1. The standard InChI is InChI=1S/C12H15N3O/c1-8-5-9-3-4-13-11(9)14-12(8)16-10-6-15(2)7-10/h3-5,10H,6-7H2,1-2H3,(H,13,14). The van der Waals surface area contributed by atoms with Crippen LogP contribution < -0.4 is 4.74 Å². The molecule has 0 spiro atoms. The van der Waals surface area contributed by atoms with Crippen LogP contribution in [-0.4, -0.2) is 41.1 Å². The van der Waals surface area contributed by atoms with Crippen LogP contribution in [0.1, 0.15) is 5.56 Å². The molecule has 0 aromatic carbocycles. The number of fused-ring (bicyclic) bond motifs is 1. The molecule has 1 aliphatic heterocycles. The van der Waals surface area contributed by atoms with E-state index >= 15 is 0 Å². The van der Waals surface area contributed by atoms with E-state index in [4.69, 9.17) is 4.74 Å². The van der Waals surface area contributed by atoms with Gasteiger partial charge in [0, 0.05) is 30.2 Å². The van der Waals surface area contributed by atoms with Gasteiger partial charge in [-0.3, -0.25) is 4.90 Å². The molecule has 4 nitrogen and oxygen atoms in total. The summed E-state index contributed by atoms with van der Waals surface area (Å²) in [5, 5.41) is 1.13. The van der Waals surface area contributed by atoms with Gasteiger partial charge in [0.2, 0.25) is 5.88 Å². The Hall–Kier alpha value is -1.55. The number of aromatic nitrogens is 2. The first-order chi connectivity index (χ1) is 7.72. The van der Waals surface area contributed by atoms with Gasteiger partial charge in [-0.25, -0.2) is 0 Å². The fourth-order valence-electron chi connectivity index (χ4n) is 2.06. The van der Waals surface area contributed by atoms with Gasteiger partial charge in [0.1, 0.15) is 11.8 Å². The Labute approximate surface area is 94.2 Å². The number of aryl methyl sites for hydroxylation is 1. The molecule has 0 saturated carbocycles. The van der Waals surface area contributed by atoms with E-state index in [0.29, 0.717) is 6.10 Å². The summed E-state index contributed by atoms with van der Waals surface area (Å²) in [5.74, 6) is 0.757. The van der Waals surface area contributed by atoms with E-state index in [1.165, 1.54) is 0 Å². The summed E-state index contributed by atoms with van der Waals surface area (Å²) in [7, 11) is 2.09. The molecule has 84 valence electrons. The molecular weight excluding hydrogens is 202 g/mol.